The molecule has 5 aromatic rings. The Bertz CT molecular complexity index is 1370. The average molecular weight is 385 g/mol. The highest BCUT2D eigenvalue weighted by Gasteiger charge is 2.20. The van der Waals surface area contributed by atoms with Gasteiger partial charge in [-0.2, -0.15) is 10.2 Å². The van der Waals surface area contributed by atoms with Crippen LogP contribution in [0.5, 0.6) is 0 Å². The third-order valence-corrected chi connectivity index (χ3v) is 4.65. The van der Waals surface area contributed by atoms with Gasteiger partial charge in [-0.25, -0.2) is 9.20 Å². The van der Waals surface area contributed by atoms with E-state index in [-0.39, 0.29) is 12.4 Å². The van der Waals surface area contributed by atoms with Crippen molar-refractivity contribution in [3.63, 3.8) is 0 Å². The van der Waals surface area contributed by atoms with Crippen molar-refractivity contribution in [2.45, 2.75) is 6.54 Å². The summed E-state index contributed by atoms with van der Waals surface area (Å²) in [5.74, 6) is -0.829. The average Bonchev–Trinajstić information content (AvgIpc) is 3.26. The summed E-state index contributed by atoms with van der Waals surface area (Å²) in [5, 5.41) is 27.0. The molecule has 0 radical (unpaired) electrons. The summed E-state index contributed by atoms with van der Waals surface area (Å²) in [6.07, 6.45) is 1.87. The molecule has 0 aliphatic heterocycles. The SMILES string of the molecule is Nc1nn(CC(=O)O)c2nnc(-c3c(-c4ccccc4)nn4ccccc34)cc12. The predicted octanol–water partition coefficient (Wildman–Crippen LogP) is 2.47. The van der Waals surface area contributed by atoms with Crippen LogP contribution in [0.25, 0.3) is 39.1 Å². The molecule has 0 unspecified atom stereocenters. The van der Waals surface area contributed by atoms with Crippen molar-refractivity contribution in [3.05, 3.63) is 60.8 Å². The van der Waals surface area contributed by atoms with Gasteiger partial charge in [-0.15, -0.1) is 10.2 Å². The lowest BCUT2D eigenvalue weighted by Gasteiger charge is -2.03. The van der Waals surface area contributed by atoms with Crippen LogP contribution in [0.1, 0.15) is 0 Å². The van der Waals surface area contributed by atoms with E-state index in [0.29, 0.717) is 16.7 Å². The Balaban J connectivity index is 1.76. The maximum Gasteiger partial charge on any atom is 0.325 e. The smallest absolute Gasteiger partial charge is 0.325 e. The van der Waals surface area contributed by atoms with Gasteiger partial charge in [0.15, 0.2) is 11.5 Å². The lowest BCUT2D eigenvalue weighted by atomic mass is 10.0. The van der Waals surface area contributed by atoms with Gasteiger partial charge < -0.3 is 10.8 Å². The Morgan fingerprint density at radius 3 is 2.62 bits per heavy atom. The first-order chi connectivity index (χ1) is 14.1. The lowest BCUT2D eigenvalue weighted by molar-refractivity contribution is -0.137. The second-order valence-electron chi connectivity index (χ2n) is 6.52. The number of aromatic nitrogens is 6. The minimum atomic E-state index is -1.03. The number of nitrogens with zero attached hydrogens (tertiary/aromatic N) is 6. The molecule has 0 aliphatic carbocycles. The summed E-state index contributed by atoms with van der Waals surface area (Å²) in [6, 6.07) is 17.4. The monoisotopic (exact) mass is 385 g/mol. The zero-order valence-corrected chi connectivity index (χ0v) is 15.1. The largest absolute Gasteiger partial charge is 0.480 e. The molecule has 0 aliphatic rings. The van der Waals surface area contributed by atoms with E-state index in [1.807, 2.05) is 54.7 Å². The molecule has 1 aromatic carbocycles. The number of carbonyl (C=O) groups is 1. The molecule has 0 saturated heterocycles. The molecule has 0 fully saturated rings. The summed E-state index contributed by atoms with van der Waals surface area (Å²) >= 11 is 0. The van der Waals surface area contributed by atoms with Crippen LogP contribution in [0.4, 0.5) is 5.82 Å². The van der Waals surface area contributed by atoms with Crippen molar-refractivity contribution in [1.29, 1.82) is 0 Å². The fourth-order valence-corrected chi connectivity index (χ4v) is 3.41. The lowest BCUT2D eigenvalue weighted by Crippen LogP contribution is -2.11. The van der Waals surface area contributed by atoms with Gasteiger partial charge in [0.25, 0.3) is 0 Å². The molecule has 0 saturated carbocycles. The number of anilines is 1. The number of pyridine rings is 1. The van der Waals surface area contributed by atoms with Crippen LogP contribution < -0.4 is 5.73 Å². The Labute approximate surface area is 164 Å². The molecule has 4 aromatic heterocycles. The fraction of sp³-hybridized carbons (Fsp3) is 0.0500. The number of benzene rings is 1. The highest BCUT2D eigenvalue weighted by molar-refractivity contribution is 5.95. The van der Waals surface area contributed by atoms with E-state index < -0.39 is 5.97 Å². The van der Waals surface area contributed by atoms with Gasteiger partial charge in [-0.3, -0.25) is 4.79 Å². The van der Waals surface area contributed by atoms with Crippen molar-refractivity contribution in [1.82, 2.24) is 29.6 Å². The third kappa shape index (κ3) is 2.76. The molecule has 3 N–H and O–H groups in total. The second kappa shape index (κ2) is 6.41. The molecule has 0 amide bonds. The standard InChI is InChI=1S/C20H15N7O2/c21-19-13-10-14(22-23-20(13)27(25-19)11-16(28)29)17-15-8-4-5-9-26(15)24-18(17)12-6-2-1-3-7-12/h1-10H,11H2,(H2,21,25)(H,28,29). The quantitative estimate of drug-likeness (QED) is 0.487. The van der Waals surface area contributed by atoms with Gasteiger partial charge in [0.1, 0.15) is 12.2 Å². The van der Waals surface area contributed by atoms with Crippen LogP contribution in [-0.4, -0.2) is 40.7 Å². The molecule has 9 heteroatoms. The molecule has 9 nitrogen and oxygen atoms in total. The van der Waals surface area contributed by atoms with Gasteiger partial charge in [0, 0.05) is 11.8 Å². The van der Waals surface area contributed by atoms with Crippen LogP contribution in [0.15, 0.2) is 60.8 Å². The first-order valence-electron chi connectivity index (χ1n) is 8.86. The summed E-state index contributed by atoms with van der Waals surface area (Å²) in [7, 11) is 0. The van der Waals surface area contributed by atoms with Gasteiger partial charge >= 0.3 is 5.97 Å². The van der Waals surface area contributed by atoms with E-state index >= 15 is 0 Å². The van der Waals surface area contributed by atoms with Crippen molar-refractivity contribution in [2.75, 3.05) is 5.73 Å². The van der Waals surface area contributed by atoms with Gasteiger partial charge in [0.05, 0.1) is 22.2 Å². The van der Waals surface area contributed by atoms with Crippen LogP contribution in [0.3, 0.4) is 0 Å². The maximum absolute atomic E-state index is 11.1. The number of carboxylic acids is 1. The molecular formula is C20H15N7O2. The van der Waals surface area contributed by atoms with Crippen molar-refractivity contribution in [2.24, 2.45) is 0 Å². The van der Waals surface area contributed by atoms with E-state index in [0.717, 1.165) is 22.3 Å². The fourth-order valence-electron chi connectivity index (χ4n) is 3.41. The Morgan fingerprint density at radius 1 is 1.03 bits per heavy atom. The van der Waals surface area contributed by atoms with E-state index in [1.165, 1.54) is 4.68 Å². The number of rotatable bonds is 4. The van der Waals surface area contributed by atoms with Crippen LogP contribution in [0.2, 0.25) is 0 Å². The minimum Gasteiger partial charge on any atom is -0.480 e. The van der Waals surface area contributed by atoms with Crippen molar-refractivity contribution >= 4 is 28.3 Å². The van der Waals surface area contributed by atoms with Gasteiger partial charge in [0.2, 0.25) is 0 Å². The minimum absolute atomic E-state index is 0.204. The zero-order valence-electron chi connectivity index (χ0n) is 15.1. The highest BCUT2D eigenvalue weighted by Crippen LogP contribution is 2.35. The molecule has 142 valence electrons. The summed E-state index contributed by atoms with van der Waals surface area (Å²) in [4.78, 5) is 11.1. The van der Waals surface area contributed by atoms with Crippen LogP contribution in [-0.2, 0) is 11.3 Å². The molecule has 29 heavy (non-hydrogen) atoms. The van der Waals surface area contributed by atoms with Gasteiger partial charge in [-0.1, -0.05) is 36.4 Å². The van der Waals surface area contributed by atoms with Gasteiger partial charge in [-0.05, 0) is 18.2 Å². The third-order valence-electron chi connectivity index (χ3n) is 4.65. The van der Waals surface area contributed by atoms with E-state index in [4.69, 9.17) is 15.9 Å². The highest BCUT2D eigenvalue weighted by atomic mass is 16.4. The molecule has 0 atom stereocenters. The number of hydrogen-bond acceptors (Lipinski definition) is 6. The number of carboxylic acid groups (broad SMARTS) is 1. The maximum atomic E-state index is 11.1. The topological polar surface area (TPSA) is 124 Å². The number of nitrogens with two attached hydrogens (primary N) is 1. The Hall–Kier alpha value is -4.27. The number of nitrogen functional groups attached to an aromatic ring is 1. The first kappa shape index (κ1) is 16.9. The first-order valence-corrected chi connectivity index (χ1v) is 8.86. The normalized spacial score (nSPS) is 11.3. The molecule has 0 bridgehead atoms. The Morgan fingerprint density at radius 2 is 1.83 bits per heavy atom. The van der Waals surface area contributed by atoms with E-state index in [1.54, 1.807) is 10.6 Å². The Kier molecular flexibility index (Phi) is 3.73. The molecule has 5 rings (SSSR count). The molecular weight excluding hydrogens is 370 g/mol. The second-order valence-corrected chi connectivity index (χ2v) is 6.52. The predicted molar refractivity (Wildman–Crippen MR) is 107 cm³/mol. The van der Waals surface area contributed by atoms with E-state index in [9.17, 15) is 4.79 Å². The van der Waals surface area contributed by atoms with Crippen LogP contribution >= 0.6 is 0 Å². The summed E-state index contributed by atoms with van der Waals surface area (Å²) in [6.45, 7) is -0.340. The molecule has 0 spiro atoms. The summed E-state index contributed by atoms with van der Waals surface area (Å²) in [5.41, 5.74) is 10.3. The number of hydrogen-bond donors (Lipinski definition) is 2. The summed E-state index contributed by atoms with van der Waals surface area (Å²) < 4.78 is 3.03. The molecule has 4 heterocycles. The number of aliphatic carboxylic acids is 1. The zero-order chi connectivity index (χ0) is 20.0. The van der Waals surface area contributed by atoms with Crippen molar-refractivity contribution < 1.29 is 9.90 Å². The van der Waals surface area contributed by atoms with Crippen molar-refractivity contribution in [3.8, 4) is 22.5 Å². The number of fused-ring (bicyclic) bond motifs is 2. The van der Waals surface area contributed by atoms with Crippen LogP contribution in [0, 0.1) is 0 Å². The van der Waals surface area contributed by atoms with E-state index in [2.05, 4.69) is 15.3 Å².